The first kappa shape index (κ1) is 23.1. The van der Waals surface area contributed by atoms with Crippen LogP contribution >= 0.6 is 0 Å². The average molecular weight is 486 g/mol. The Bertz CT molecular complexity index is 1170. The fourth-order valence-electron chi connectivity index (χ4n) is 4.84. The quantitative estimate of drug-likeness (QED) is 0.648. The Morgan fingerprint density at radius 1 is 0.882 bits per heavy atom. The number of rotatable bonds is 5. The minimum absolute atomic E-state index is 0.113. The number of fused-ring (bicyclic) bond motifs is 1. The van der Waals surface area contributed by atoms with Crippen molar-refractivity contribution in [2.24, 2.45) is 0 Å². The minimum Gasteiger partial charge on any atom is -0.454 e. The Labute approximate surface area is 201 Å². The normalized spacial score (nSPS) is 19.4. The molecule has 1 amide bonds. The lowest BCUT2D eigenvalue weighted by atomic mass is 10.1. The molecule has 0 saturated carbocycles. The van der Waals surface area contributed by atoms with Crippen LogP contribution in [0.2, 0.25) is 0 Å². The maximum absolute atomic E-state index is 13.2. The van der Waals surface area contributed by atoms with Crippen LogP contribution in [0.3, 0.4) is 0 Å². The number of carbonyl (C=O) groups is 1. The summed E-state index contributed by atoms with van der Waals surface area (Å²) in [7, 11) is -3.59. The van der Waals surface area contributed by atoms with Gasteiger partial charge in [0.1, 0.15) is 0 Å². The van der Waals surface area contributed by atoms with E-state index in [4.69, 9.17) is 9.47 Å². The Morgan fingerprint density at radius 3 is 2.38 bits per heavy atom. The summed E-state index contributed by atoms with van der Waals surface area (Å²) in [6.07, 6.45) is 2.82. The molecule has 0 aliphatic carbocycles. The summed E-state index contributed by atoms with van der Waals surface area (Å²) in [5.41, 5.74) is 2.26. The van der Waals surface area contributed by atoms with Crippen LogP contribution in [0.1, 0.15) is 40.7 Å². The molecule has 0 bridgehead atoms. The standard InChI is InChI=1S/C25H31N3O5S/c1-19-5-7-21(16-24(19)34(30,31)28-9-3-2-4-10-28)25(29)27-13-11-26(12-14-27)17-20-6-8-22-23(15-20)33-18-32-22/h5-8,15-16H,2-4,9-14,17-18H2,1H3. The lowest BCUT2D eigenvalue weighted by molar-refractivity contribution is 0.0628. The second-order valence-electron chi connectivity index (χ2n) is 9.20. The highest BCUT2D eigenvalue weighted by Crippen LogP contribution is 2.33. The summed E-state index contributed by atoms with van der Waals surface area (Å²) in [6, 6.07) is 11.1. The molecule has 0 aromatic heterocycles. The van der Waals surface area contributed by atoms with Crippen LogP contribution < -0.4 is 9.47 Å². The van der Waals surface area contributed by atoms with Crippen LogP contribution in [0, 0.1) is 6.92 Å². The fraction of sp³-hybridized carbons (Fsp3) is 0.480. The van der Waals surface area contributed by atoms with E-state index in [-0.39, 0.29) is 17.6 Å². The Balaban J connectivity index is 1.23. The summed E-state index contributed by atoms with van der Waals surface area (Å²) in [5.74, 6) is 1.44. The first-order chi connectivity index (χ1) is 16.4. The molecule has 9 heteroatoms. The van der Waals surface area contributed by atoms with Gasteiger partial charge >= 0.3 is 0 Å². The van der Waals surface area contributed by atoms with E-state index < -0.39 is 10.0 Å². The van der Waals surface area contributed by atoms with Crippen LogP contribution in [-0.2, 0) is 16.6 Å². The highest BCUT2D eigenvalue weighted by Gasteiger charge is 2.29. The van der Waals surface area contributed by atoms with Gasteiger partial charge in [-0.15, -0.1) is 0 Å². The zero-order chi connectivity index (χ0) is 23.7. The topological polar surface area (TPSA) is 79.4 Å². The van der Waals surface area contributed by atoms with E-state index in [0.717, 1.165) is 56.0 Å². The van der Waals surface area contributed by atoms with Gasteiger partial charge < -0.3 is 14.4 Å². The van der Waals surface area contributed by atoms with Gasteiger partial charge in [-0.25, -0.2) is 8.42 Å². The molecule has 0 atom stereocenters. The number of amides is 1. The van der Waals surface area contributed by atoms with E-state index in [2.05, 4.69) is 4.90 Å². The van der Waals surface area contributed by atoms with E-state index in [1.165, 1.54) is 0 Å². The molecule has 34 heavy (non-hydrogen) atoms. The van der Waals surface area contributed by atoms with Gasteiger partial charge in [-0.1, -0.05) is 18.6 Å². The first-order valence-electron chi connectivity index (χ1n) is 11.9. The van der Waals surface area contributed by atoms with E-state index >= 15 is 0 Å². The first-order valence-corrected chi connectivity index (χ1v) is 13.4. The monoisotopic (exact) mass is 485 g/mol. The lowest BCUT2D eigenvalue weighted by Gasteiger charge is -2.35. The molecule has 3 aliphatic heterocycles. The molecule has 8 nitrogen and oxygen atoms in total. The maximum atomic E-state index is 13.2. The van der Waals surface area contributed by atoms with E-state index in [9.17, 15) is 13.2 Å². The predicted molar refractivity (Wildman–Crippen MR) is 128 cm³/mol. The summed E-state index contributed by atoms with van der Waals surface area (Å²) in [5, 5.41) is 0. The van der Waals surface area contributed by atoms with Crippen LogP contribution in [-0.4, -0.2) is 74.5 Å². The number of nitrogens with zero attached hydrogens (tertiary/aromatic N) is 3. The van der Waals surface area contributed by atoms with Gasteiger partial charge in [-0.05, 0) is 55.2 Å². The van der Waals surface area contributed by atoms with Crippen LogP contribution in [0.5, 0.6) is 11.5 Å². The van der Waals surface area contributed by atoms with Gasteiger partial charge in [0.25, 0.3) is 5.91 Å². The van der Waals surface area contributed by atoms with Crippen molar-refractivity contribution >= 4 is 15.9 Å². The molecule has 5 rings (SSSR count). The Morgan fingerprint density at radius 2 is 1.62 bits per heavy atom. The summed E-state index contributed by atoms with van der Waals surface area (Å²) >= 11 is 0. The third-order valence-corrected chi connectivity index (χ3v) is 8.91. The molecule has 3 heterocycles. The number of ether oxygens (including phenoxy) is 2. The average Bonchev–Trinajstić information content (AvgIpc) is 3.33. The van der Waals surface area contributed by atoms with Crippen molar-refractivity contribution in [1.29, 1.82) is 0 Å². The zero-order valence-electron chi connectivity index (χ0n) is 19.5. The van der Waals surface area contributed by atoms with Gasteiger partial charge in [-0.3, -0.25) is 9.69 Å². The molecule has 2 aromatic carbocycles. The van der Waals surface area contributed by atoms with Crippen molar-refractivity contribution in [3.8, 4) is 11.5 Å². The molecule has 2 fully saturated rings. The maximum Gasteiger partial charge on any atom is 0.253 e. The number of benzene rings is 2. The van der Waals surface area contributed by atoms with Crippen LogP contribution in [0.25, 0.3) is 0 Å². The van der Waals surface area contributed by atoms with Crippen molar-refractivity contribution < 1.29 is 22.7 Å². The highest BCUT2D eigenvalue weighted by atomic mass is 32.2. The van der Waals surface area contributed by atoms with E-state index in [1.54, 1.807) is 29.4 Å². The smallest absolute Gasteiger partial charge is 0.253 e. The summed E-state index contributed by atoms with van der Waals surface area (Å²) in [6.45, 7) is 6.64. The Kier molecular flexibility index (Phi) is 6.50. The SMILES string of the molecule is Cc1ccc(C(=O)N2CCN(Cc3ccc4c(c3)OCO4)CC2)cc1S(=O)(=O)N1CCCCC1. The van der Waals surface area contributed by atoms with Gasteiger partial charge in [0, 0.05) is 51.4 Å². The van der Waals surface area contributed by atoms with Crippen LogP contribution in [0.15, 0.2) is 41.3 Å². The van der Waals surface area contributed by atoms with Gasteiger partial charge in [-0.2, -0.15) is 4.31 Å². The number of carbonyl (C=O) groups excluding carboxylic acids is 1. The lowest BCUT2D eigenvalue weighted by Crippen LogP contribution is -2.48. The molecule has 0 spiro atoms. The molecule has 0 radical (unpaired) electrons. The van der Waals surface area contributed by atoms with E-state index in [0.29, 0.717) is 37.3 Å². The van der Waals surface area contributed by atoms with Gasteiger partial charge in [0.2, 0.25) is 16.8 Å². The zero-order valence-corrected chi connectivity index (χ0v) is 20.3. The molecule has 2 saturated heterocycles. The number of piperazine rings is 1. The van der Waals surface area contributed by atoms with E-state index in [1.807, 2.05) is 23.1 Å². The number of piperidine rings is 1. The van der Waals surface area contributed by atoms with Gasteiger partial charge in [0.15, 0.2) is 11.5 Å². The highest BCUT2D eigenvalue weighted by molar-refractivity contribution is 7.89. The Hall–Kier alpha value is -2.62. The van der Waals surface area contributed by atoms with Crippen molar-refractivity contribution in [2.75, 3.05) is 46.1 Å². The third kappa shape index (κ3) is 4.64. The number of aryl methyl sites for hydroxylation is 1. The second kappa shape index (κ2) is 9.56. The van der Waals surface area contributed by atoms with Crippen molar-refractivity contribution in [3.05, 3.63) is 53.1 Å². The molecular formula is C25H31N3O5S. The van der Waals surface area contributed by atoms with Crippen molar-refractivity contribution in [3.63, 3.8) is 0 Å². The molecule has 2 aromatic rings. The van der Waals surface area contributed by atoms with Crippen molar-refractivity contribution in [2.45, 2.75) is 37.6 Å². The third-order valence-electron chi connectivity index (χ3n) is 6.87. The molecule has 182 valence electrons. The predicted octanol–water partition coefficient (Wildman–Crippen LogP) is 2.86. The fourth-order valence-corrected chi connectivity index (χ4v) is 6.61. The molecule has 0 unspecified atom stereocenters. The van der Waals surface area contributed by atoms with Gasteiger partial charge in [0.05, 0.1) is 4.90 Å². The summed E-state index contributed by atoms with van der Waals surface area (Å²) < 4.78 is 38.8. The van der Waals surface area contributed by atoms with Crippen LogP contribution in [0.4, 0.5) is 0 Å². The molecular weight excluding hydrogens is 454 g/mol. The van der Waals surface area contributed by atoms with Crippen molar-refractivity contribution in [1.82, 2.24) is 14.1 Å². The minimum atomic E-state index is -3.59. The second-order valence-corrected chi connectivity index (χ2v) is 11.1. The number of sulfonamides is 1. The summed E-state index contributed by atoms with van der Waals surface area (Å²) in [4.78, 5) is 17.6. The largest absolute Gasteiger partial charge is 0.454 e. The number of hydrogen-bond donors (Lipinski definition) is 0. The molecule has 0 N–H and O–H groups in total. The molecule has 3 aliphatic rings. The number of hydrogen-bond acceptors (Lipinski definition) is 6.